The summed E-state index contributed by atoms with van der Waals surface area (Å²) in [6.07, 6.45) is 0.827. The SMILES string of the molecule is COc1ccccc1CN1CCN(Cc2cccs2)[C@H](CCO)C1. The van der Waals surface area contributed by atoms with Crippen LogP contribution >= 0.6 is 11.3 Å². The van der Waals surface area contributed by atoms with E-state index in [2.05, 4.69) is 39.4 Å². The molecule has 0 amide bonds. The summed E-state index contributed by atoms with van der Waals surface area (Å²) in [4.78, 5) is 6.39. The summed E-state index contributed by atoms with van der Waals surface area (Å²) in [5.74, 6) is 0.956. The van der Waals surface area contributed by atoms with Gasteiger partial charge in [0.2, 0.25) is 0 Å². The van der Waals surface area contributed by atoms with Crippen LogP contribution in [0, 0.1) is 0 Å². The van der Waals surface area contributed by atoms with E-state index < -0.39 is 0 Å². The Labute approximate surface area is 148 Å². The molecule has 24 heavy (non-hydrogen) atoms. The minimum absolute atomic E-state index is 0.244. The number of hydrogen-bond donors (Lipinski definition) is 1. The van der Waals surface area contributed by atoms with Gasteiger partial charge in [0.25, 0.3) is 0 Å². The Balaban J connectivity index is 1.63. The molecule has 1 N–H and O–H groups in total. The van der Waals surface area contributed by atoms with Crippen LogP contribution in [0.2, 0.25) is 0 Å². The van der Waals surface area contributed by atoms with E-state index >= 15 is 0 Å². The van der Waals surface area contributed by atoms with E-state index in [-0.39, 0.29) is 6.61 Å². The van der Waals surface area contributed by atoms with Gasteiger partial charge in [-0.3, -0.25) is 9.80 Å². The van der Waals surface area contributed by atoms with Crippen LogP contribution in [0.15, 0.2) is 41.8 Å². The highest BCUT2D eigenvalue weighted by Crippen LogP contribution is 2.23. The molecule has 3 rings (SSSR count). The van der Waals surface area contributed by atoms with Crippen LogP contribution < -0.4 is 4.74 Å². The number of nitrogens with zero attached hydrogens (tertiary/aromatic N) is 2. The summed E-state index contributed by atoms with van der Waals surface area (Å²) in [6, 6.07) is 12.9. The number of ether oxygens (including phenoxy) is 1. The topological polar surface area (TPSA) is 35.9 Å². The van der Waals surface area contributed by atoms with Gasteiger partial charge in [0.1, 0.15) is 5.75 Å². The summed E-state index contributed by atoms with van der Waals surface area (Å²) in [5, 5.41) is 11.6. The first-order chi connectivity index (χ1) is 11.8. The van der Waals surface area contributed by atoms with Gasteiger partial charge in [-0.2, -0.15) is 0 Å². The van der Waals surface area contributed by atoms with E-state index in [9.17, 15) is 5.11 Å². The molecule has 2 aromatic rings. The van der Waals surface area contributed by atoms with E-state index in [1.165, 1.54) is 10.4 Å². The van der Waals surface area contributed by atoms with Crippen LogP contribution in [-0.4, -0.2) is 54.3 Å². The van der Waals surface area contributed by atoms with Crippen molar-refractivity contribution in [2.75, 3.05) is 33.4 Å². The third kappa shape index (κ3) is 4.36. The van der Waals surface area contributed by atoms with E-state index in [0.29, 0.717) is 6.04 Å². The molecular formula is C19H26N2O2S. The van der Waals surface area contributed by atoms with Gasteiger partial charge < -0.3 is 9.84 Å². The maximum atomic E-state index is 9.46. The Bertz CT molecular complexity index is 618. The van der Waals surface area contributed by atoms with Crippen LogP contribution in [0.5, 0.6) is 5.75 Å². The summed E-state index contributed by atoms with van der Waals surface area (Å²) in [6.45, 7) is 5.21. The van der Waals surface area contributed by atoms with E-state index in [1.807, 2.05) is 23.5 Å². The minimum Gasteiger partial charge on any atom is -0.496 e. The Hall–Kier alpha value is -1.40. The molecule has 5 heteroatoms. The predicted octanol–water partition coefficient (Wildman–Crippen LogP) is 2.83. The number of methoxy groups -OCH3 is 1. The highest BCUT2D eigenvalue weighted by Gasteiger charge is 2.27. The van der Waals surface area contributed by atoms with Crippen molar-refractivity contribution in [1.82, 2.24) is 9.80 Å². The molecular weight excluding hydrogens is 320 g/mol. The first-order valence-electron chi connectivity index (χ1n) is 8.51. The van der Waals surface area contributed by atoms with Crippen LogP contribution in [0.3, 0.4) is 0 Å². The van der Waals surface area contributed by atoms with Crippen molar-refractivity contribution in [3.05, 3.63) is 52.2 Å². The quantitative estimate of drug-likeness (QED) is 0.836. The fraction of sp³-hybridized carbons (Fsp3) is 0.474. The van der Waals surface area contributed by atoms with Crippen molar-refractivity contribution in [2.24, 2.45) is 0 Å². The van der Waals surface area contributed by atoms with Gasteiger partial charge in [-0.25, -0.2) is 0 Å². The predicted molar refractivity (Wildman–Crippen MR) is 98.5 cm³/mol. The number of thiophene rings is 1. The molecule has 1 aromatic heterocycles. The van der Waals surface area contributed by atoms with Crippen LogP contribution in [0.4, 0.5) is 0 Å². The molecule has 1 saturated heterocycles. The van der Waals surface area contributed by atoms with Gasteiger partial charge in [0.05, 0.1) is 7.11 Å². The smallest absolute Gasteiger partial charge is 0.123 e. The highest BCUT2D eigenvalue weighted by atomic mass is 32.1. The first-order valence-corrected chi connectivity index (χ1v) is 9.39. The zero-order valence-corrected chi connectivity index (χ0v) is 15.0. The number of para-hydroxylation sites is 1. The molecule has 1 aliphatic rings. The largest absolute Gasteiger partial charge is 0.496 e. The lowest BCUT2D eigenvalue weighted by Crippen LogP contribution is -2.52. The van der Waals surface area contributed by atoms with Crippen molar-refractivity contribution in [3.8, 4) is 5.75 Å². The van der Waals surface area contributed by atoms with Gasteiger partial charge in [-0.1, -0.05) is 24.3 Å². The van der Waals surface area contributed by atoms with Crippen molar-refractivity contribution in [2.45, 2.75) is 25.6 Å². The van der Waals surface area contributed by atoms with Crippen LogP contribution in [0.25, 0.3) is 0 Å². The highest BCUT2D eigenvalue weighted by molar-refractivity contribution is 7.09. The second-order valence-electron chi connectivity index (χ2n) is 6.26. The Morgan fingerprint density at radius 3 is 2.79 bits per heavy atom. The third-order valence-electron chi connectivity index (χ3n) is 4.68. The lowest BCUT2D eigenvalue weighted by atomic mass is 10.1. The molecule has 1 aliphatic heterocycles. The monoisotopic (exact) mass is 346 g/mol. The lowest BCUT2D eigenvalue weighted by molar-refractivity contribution is 0.0503. The van der Waals surface area contributed by atoms with E-state index in [4.69, 9.17) is 4.74 Å². The van der Waals surface area contributed by atoms with Crippen molar-refractivity contribution in [3.63, 3.8) is 0 Å². The molecule has 2 heterocycles. The molecule has 4 nitrogen and oxygen atoms in total. The number of benzene rings is 1. The maximum absolute atomic E-state index is 9.46. The Morgan fingerprint density at radius 1 is 1.17 bits per heavy atom. The zero-order chi connectivity index (χ0) is 16.8. The molecule has 0 spiro atoms. The second-order valence-corrected chi connectivity index (χ2v) is 7.30. The van der Waals surface area contributed by atoms with Gasteiger partial charge >= 0.3 is 0 Å². The van der Waals surface area contributed by atoms with E-state index in [1.54, 1.807) is 7.11 Å². The standard InChI is InChI=1S/C19H26N2O2S/c1-23-19-7-3-2-5-16(19)13-20-9-10-21(17(14-20)8-11-22)15-18-6-4-12-24-18/h2-7,12,17,22H,8-11,13-15H2,1H3/t17-/m1/s1. The number of aliphatic hydroxyl groups is 1. The van der Waals surface area contributed by atoms with Crippen LogP contribution in [-0.2, 0) is 13.1 Å². The molecule has 0 unspecified atom stereocenters. The average Bonchev–Trinajstić information content (AvgIpc) is 3.11. The third-order valence-corrected chi connectivity index (χ3v) is 5.54. The molecule has 1 aromatic carbocycles. The summed E-state index contributed by atoms with van der Waals surface area (Å²) in [7, 11) is 1.73. The zero-order valence-electron chi connectivity index (χ0n) is 14.2. The molecule has 130 valence electrons. The molecule has 0 radical (unpaired) electrons. The number of hydrogen-bond acceptors (Lipinski definition) is 5. The van der Waals surface area contributed by atoms with Crippen molar-refractivity contribution >= 4 is 11.3 Å². The van der Waals surface area contributed by atoms with E-state index in [0.717, 1.165) is 44.9 Å². The van der Waals surface area contributed by atoms with Crippen molar-refractivity contribution in [1.29, 1.82) is 0 Å². The fourth-order valence-corrected chi connectivity index (χ4v) is 4.14. The number of piperazine rings is 1. The number of aliphatic hydroxyl groups excluding tert-OH is 1. The lowest BCUT2D eigenvalue weighted by Gasteiger charge is -2.41. The van der Waals surface area contributed by atoms with Gasteiger partial charge in [0, 0.05) is 55.8 Å². The molecule has 1 fully saturated rings. The van der Waals surface area contributed by atoms with Crippen molar-refractivity contribution < 1.29 is 9.84 Å². The van der Waals surface area contributed by atoms with Gasteiger partial charge in [0.15, 0.2) is 0 Å². The molecule has 0 aliphatic carbocycles. The Kier molecular flexibility index (Phi) is 6.26. The summed E-state index contributed by atoms with van der Waals surface area (Å²) in [5.41, 5.74) is 1.23. The normalized spacial score (nSPS) is 19.5. The molecule has 0 bridgehead atoms. The summed E-state index contributed by atoms with van der Waals surface area (Å²) >= 11 is 1.81. The average molecular weight is 346 g/mol. The molecule has 0 saturated carbocycles. The van der Waals surface area contributed by atoms with Crippen LogP contribution in [0.1, 0.15) is 16.9 Å². The minimum atomic E-state index is 0.244. The first kappa shape index (κ1) is 17.4. The van der Waals surface area contributed by atoms with Gasteiger partial charge in [-0.15, -0.1) is 11.3 Å². The maximum Gasteiger partial charge on any atom is 0.123 e. The summed E-state index contributed by atoms with van der Waals surface area (Å²) < 4.78 is 5.48. The second kappa shape index (κ2) is 8.62. The fourth-order valence-electron chi connectivity index (χ4n) is 3.41. The van der Waals surface area contributed by atoms with Gasteiger partial charge in [-0.05, 0) is 23.9 Å². The Morgan fingerprint density at radius 2 is 2.04 bits per heavy atom. The number of rotatable bonds is 7. The molecule has 1 atom stereocenters.